The number of hydrogen-bond acceptors (Lipinski definition) is 13. The second kappa shape index (κ2) is 29.1. The first-order valence-electron chi connectivity index (χ1n) is 27.5. The second-order valence-electron chi connectivity index (χ2n) is 23.2. The number of ether oxygens (including phenoxy) is 4. The molecule has 1 aromatic heterocycles. The van der Waals surface area contributed by atoms with Crippen LogP contribution in [0, 0.1) is 11.8 Å². The van der Waals surface area contributed by atoms with E-state index >= 15 is 0 Å². The smallest absolute Gasteiger partial charge is 0.407 e. The van der Waals surface area contributed by atoms with Gasteiger partial charge in [0.2, 0.25) is 11.8 Å². The highest BCUT2D eigenvalue weighted by molar-refractivity contribution is 5.94. The van der Waals surface area contributed by atoms with Gasteiger partial charge in [-0.25, -0.2) is 19.2 Å². The maximum absolute atomic E-state index is 13.8. The van der Waals surface area contributed by atoms with Gasteiger partial charge in [0.05, 0.1) is 5.56 Å². The predicted octanol–water partition coefficient (Wildman–Crippen LogP) is 7.94. The Morgan fingerprint density at radius 2 is 1.13 bits per heavy atom. The van der Waals surface area contributed by atoms with Crippen LogP contribution in [0.4, 0.5) is 9.59 Å². The number of amides is 6. The second-order valence-corrected chi connectivity index (χ2v) is 23.2. The lowest BCUT2D eigenvalue weighted by Gasteiger charge is -2.29. The summed E-state index contributed by atoms with van der Waals surface area (Å²) in [4.78, 5) is 110. The van der Waals surface area contributed by atoms with Gasteiger partial charge in [-0.1, -0.05) is 48.5 Å². The van der Waals surface area contributed by atoms with E-state index in [9.17, 15) is 38.4 Å². The molecule has 1 heterocycles. The van der Waals surface area contributed by atoms with Crippen molar-refractivity contribution < 1.29 is 57.3 Å². The molecular weight excluding hydrogens is 999 g/mol. The van der Waals surface area contributed by atoms with Crippen LogP contribution in [-0.2, 0) is 42.9 Å². The van der Waals surface area contributed by atoms with Gasteiger partial charge >= 0.3 is 30.0 Å². The molecule has 0 spiro atoms. The van der Waals surface area contributed by atoms with E-state index in [2.05, 4.69) is 61.2 Å². The number of alkyl carbamates (subject to hydrolysis) is 1. The molecule has 0 bridgehead atoms. The number of nitrogens with zero attached hydrogens (tertiary/aromatic N) is 1. The van der Waals surface area contributed by atoms with E-state index in [-0.39, 0.29) is 67.9 Å². The number of carbonyl (C=O) groups is 8. The van der Waals surface area contributed by atoms with E-state index in [4.69, 9.17) is 18.9 Å². The van der Waals surface area contributed by atoms with Gasteiger partial charge in [0, 0.05) is 50.3 Å². The third-order valence-electron chi connectivity index (χ3n) is 13.1. The Hall–Kier alpha value is -7.05. The molecule has 5 rings (SSSR count). The zero-order valence-corrected chi connectivity index (χ0v) is 47.1. The lowest BCUT2D eigenvalue weighted by Crippen LogP contribution is -2.53. The van der Waals surface area contributed by atoms with Crippen LogP contribution in [0.3, 0.4) is 0 Å². The zero-order chi connectivity index (χ0) is 57.0. The van der Waals surface area contributed by atoms with E-state index in [0.717, 1.165) is 22.3 Å². The Labute approximate surface area is 459 Å². The number of pyridine rings is 1. The zero-order valence-electron chi connectivity index (χ0n) is 47.1. The van der Waals surface area contributed by atoms with Crippen molar-refractivity contribution in [2.75, 3.05) is 26.2 Å². The van der Waals surface area contributed by atoms with Crippen molar-refractivity contribution >= 4 is 47.8 Å². The molecule has 6 amide bonds. The fourth-order valence-corrected chi connectivity index (χ4v) is 9.40. The molecule has 6 N–H and O–H groups in total. The molecule has 3 aromatic rings. The Morgan fingerprint density at radius 3 is 1.68 bits per heavy atom. The first-order chi connectivity index (χ1) is 36.9. The maximum atomic E-state index is 13.8. The largest absolute Gasteiger partial charge is 0.460 e. The maximum Gasteiger partial charge on any atom is 0.407 e. The number of nitrogens with one attached hydrogen (secondary N) is 6. The van der Waals surface area contributed by atoms with Gasteiger partial charge in [-0.3, -0.25) is 24.2 Å². The third-order valence-corrected chi connectivity index (χ3v) is 13.1. The lowest BCUT2D eigenvalue weighted by atomic mass is 9.81. The number of carbonyl (C=O) groups excluding carboxylic acids is 8. The average Bonchev–Trinajstić information content (AvgIpc) is 3.82. The van der Waals surface area contributed by atoms with Gasteiger partial charge in [-0.05, 0) is 173 Å². The van der Waals surface area contributed by atoms with Gasteiger partial charge in [-0.2, -0.15) is 0 Å². The van der Waals surface area contributed by atoms with Crippen LogP contribution in [0.25, 0.3) is 11.1 Å². The highest BCUT2D eigenvalue weighted by Gasteiger charge is 2.34. The number of fused-ring (bicyclic) bond motifs is 3. The average molecular weight is 1080 g/mol. The van der Waals surface area contributed by atoms with Gasteiger partial charge in [-0.15, -0.1) is 0 Å². The first-order valence-corrected chi connectivity index (χ1v) is 27.5. The molecule has 1 saturated carbocycles. The normalized spacial score (nSPS) is 16.4. The summed E-state index contributed by atoms with van der Waals surface area (Å²) >= 11 is 0. The lowest BCUT2D eigenvalue weighted by molar-refractivity contribution is -0.159. The monoisotopic (exact) mass is 1080 g/mol. The van der Waals surface area contributed by atoms with Crippen LogP contribution >= 0.6 is 0 Å². The Bertz CT molecular complexity index is 2460. The van der Waals surface area contributed by atoms with E-state index in [1.165, 1.54) is 6.20 Å². The van der Waals surface area contributed by atoms with Gasteiger partial charge in [0.25, 0.3) is 5.91 Å². The first kappa shape index (κ1) is 61.8. The van der Waals surface area contributed by atoms with Crippen molar-refractivity contribution in [2.24, 2.45) is 11.8 Å². The summed E-state index contributed by atoms with van der Waals surface area (Å²) < 4.78 is 22.3. The number of esters is 3. The molecule has 0 aliphatic heterocycles. The number of unbranched alkanes of at least 4 members (excludes halogenated alkanes) is 2. The minimum Gasteiger partial charge on any atom is -0.460 e. The van der Waals surface area contributed by atoms with Crippen LogP contribution in [0.15, 0.2) is 73.1 Å². The number of hydrogen-bond donors (Lipinski definition) is 6. The van der Waals surface area contributed by atoms with Crippen molar-refractivity contribution in [1.82, 2.24) is 36.9 Å². The Balaban J connectivity index is 1.12. The van der Waals surface area contributed by atoms with E-state index < -0.39 is 65.0 Å². The summed E-state index contributed by atoms with van der Waals surface area (Å²) in [6.07, 6.45) is 7.06. The summed E-state index contributed by atoms with van der Waals surface area (Å²) in [7, 11) is 0. The SMILES string of the molecule is CC(C)(C)OC(=O)CC[C@H](NC(=O)N[C@@H](CCCCNC(=O)[C@H](CCCCNC(=O)c1cccnc1)NC(=O)C1CCC(CNC(=O)OCC2c3ccccc3-c3ccccc32)CC1)C(=O)OC(C)(C)C)C(=O)OC(C)(C)C. The summed E-state index contributed by atoms with van der Waals surface area (Å²) in [5.41, 5.74) is 2.48. The van der Waals surface area contributed by atoms with Crippen LogP contribution < -0.4 is 31.9 Å². The molecule has 19 nitrogen and oxygen atoms in total. The summed E-state index contributed by atoms with van der Waals surface area (Å²) in [5.74, 6) is -3.14. The predicted molar refractivity (Wildman–Crippen MR) is 294 cm³/mol. The summed E-state index contributed by atoms with van der Waals surface area (Å²) in [5, 5.41) is 16.9. The molecular formula is C59H83N7O12. The standard InChI is InChI=1S/C59H83N7O12/c1-57(2,3)76-49(67)31-30-48(54(72)78-59(7,8)9)66-55(73)65-47(53(71)77-58(4,5)6)25-15-17-34-62-52(70)46(24-14-16-33-61-50(68)40-19-18-32-60-36-40)64-51(69)39-28-26-38(27-29-39)35-63-56(74)75-37-45-43-22-12-10-20-41(43)42-21-11-13-23-44(42)45/h10-13,18-23,32,36,38-39,45-48H,14-17,24-31,33-35,37H2,1-9H3,(H,61,68)(H,62,70)(H,63,74)(H,64,69)(H2,65,66,73)/t38?,39?,46-,47-,48-/m0/s1. The van der Waals surface area contributed by atoms with Crippen LogP contribution in [0.2, 0.25) is 0 Å². The molecule has 78 heavy (non-hydrogen) atoms. The van der Waals surface area contributed by atoms with Crippen molar-refractivity contribution in [2.45, 2.75) is 180 Å². The van der Waals surface area contributed by atoms with E-state index in [1.54, 1.807) is 80.6 Å². The highest BCUT2D eigenvalue weighted by Crippen LogP contribution is 2.44. The minimum absolute atomic E-state index is 0.0462. The van der Waals surface area contributed by atoms with E-state index in [1.807, 2.05) is 24.3 Å². The van der Waals surface area contributed by atoms with Crippen molar-refractivity contribution in [3.8, 4) is 11.1 Å². The molecule has 19 heteroatoms. The summed E-state index contributed by atoms with van der Waals surface area (Å²) in [6, 6.07) is 15.6. The fourth-order valence-electron chi connectivity index (χ4n) is 9.40. The molecule has 0 saturated heterocycles. The van der Waals surface area contributed by atoms with Crippen LogP contribution in [0.1, 0.15) is 167 Å². The summed E-state index contributed by atoms with van der Waals surface area (Å²) in [6.45, 7) is 16.4. The molecule has 0 radical (unpaired) electrons. The van der Waals surface area contributed by atoms with Crippen molar-refractivity contribution in [1.29, 1.82) is 0 Å². The van der Waals surface area contributed by atoms with Crippen molar-refractivity contribution in [3.05, 3.63) is 89.7 Å². The quantitative estimate of drug-likeness (QED) is 0.0268. The number of urea groups is 1. The number of rotatable bonds is 25. The van der Waals surface area contributed by atoms with Gasteiger partial charge in [0.15, 0.2) is 0 Å². The Morgan fingerprint density at radius 1 is 0.590 bits per heavy atom. The molecule has 0 unspecified atom stereocenters. The molecule has 426 valence electrons. The van der Waals surface area contributed by atoms with E-state index in [0.29, 0.717) is 76.4 Å². The number of benzene rings is 2. The van der Waals surface area contributed by atoms with Crippen LogP contribution in [-0.4, -0.2) is 114 Å². The van der Waals surface area contributed by atoms with Gasteiger partial charge in [0.1, 0.15) is 41.5 Å². The van der Waals surface area contributed by atoms with Crippen LogP contribution in [0.5, 0.6) is 0 Å². The van der Waals surface area contributed by atoms with Crippen molar-refractivity contribution in [3.63, 3.8) is 0 Å². The topological polar surface area (TPSA) is 259 Å². The molecule has 3 atom stereocenters. The third kappa shape index (κ3) is 21.1. The fraction of sp³-hybridized carbons (Fsp3) is 0.576. The molecule has 2 aromatic carbocycles. The Kier molecular flexibility index (Phi) is 23.0. The van der Waals surface area contributed by atoms with Gasteiger partial charge < -0.3 is 50.8 Å². The molecule has 1 fully saturated rings. The highest BCUT2D eigenvalue weighted by atomic mass is 16.6. The molecule has 2 aliphatic rings. The number of aromatic nitrogens is 1. The minimum atomic E-state index is -1.24. The molecule has 2 aliphatic carbocycles.